The Morgan fingerprint density at radius 3 is 2.59 bits per heavy atom. The summed E-state index contributed by atoms with van der Waals surface area (Å²) in [7, 11) is 0. The Morgan fingerprint density at radius 1 is 0.963 bits per heavy atom. The van der Waals surface area contributed by atoms with Gasteiger partial charge in [-0.05, 0) is 35.7 Å². The molecule has 136 valence electrons. The summed E-state index contributed by atoms with van der Waals surface area (Å²) in [4.78, 5) is 12.0. The van der Waals surface area contributed by atoms with E-state index in [2.05, 4.69) is 54.7 Å². The van der Waals surface area contributed by atoms with Crippen LogP contribution in [0.4, 0.5) is 0 Å². The van der Waals surface area contributed by atoms with Gasteiger partial charge in [-0.2, -0.15) is 0 Å². The van der Waals surface area contributed by atoms with Crippen molar-refractivity contribution in [2.24, 2.45) is 0 Å². The van der Waals surface area contributed by atoms with Gasteiger partial charge in [-0.3, -0.25) is 0 Å². The molecule has 4 rings (SSSR count). The highest BCUT2D eigenvalue weighted by Crippen LogP contribution is 2.26. The largest absolute Gasteiger partial charge is 0.423 e. The fourth-order valence-electron chi connectivity index (χ4n) is 3.67. The van der Waals surface area contributed by atoms with Crippen molar-refractivity contribution in [1.29, 1.82) is 0 Å². The van der Waals surface area contributed by atoms with E-state index in [1.165, 1.54) is 5.56 Å². The number of hydrogen-bond donors (Lipinski definition) is 1. The topological polar surface area (TPSA) is 46.8 Å². The molecule has 0 saturated carbocycles. The second-order valence-electron chi connectivity index (χ2n) is 7.19. The van der Waals surface area contributed by atoms with Gasteiger partial charge in [-0.1, -0.05) is 60.7 Å². The minimum atomic E-state index is -0.280. The first-order valence-electron chi connectivity index (χ1n) is 9.52. The number of rotatable bonds is 6. The summed E-state index contributed by atoms with van der Waals surface area (Å²) >= 11 is 0. The minimum Gasteiger partial charge on any atom is -0.423 e. The molecule has 27 heavy (non-hydrogen) atoms. The highest BCUT2D eigenvalue weighted by Gasteiger charge is 2.13. The zero-order valence-corrected chi connectivity index (χ0v) is 15.5. The summed E-state index contributed by atoms with van der Waals surface area (Å²) in [5.41, 5.74) is 2.80. The van der Waals surface area contributed by atoms with E-state index in [4.69, 9.17) is 4.42 Å². The lowest BCUT2D eigenvalue weighted by Crippen LogP contribution is -2.87. The molecule has 3 heteroatoms. The van der Waals surface area contributed by atoms with Crippen LogP contribution in [0.3, 0.4) is 0 Å². The first kappa shape index (κ1) is 17.5. The van der Waals surface area contributed by atoms with Crippen LogP contribution < -0.4 is 10.9 Å². The molecule has 2 N–H and O–H groups in total. The first-order chi connectivity index (χ1) is 13.2. The number of aryl methyl sites for hydroxylation is 1. The molecular formula is C24H24NO2+. The summed E-state index contributed by atoms with van der Waals surface area (Å²) in [5, 5.41) is 5.68. The standard InChI is InChI=1S/C24H23NO2/c1-17(11-12-18-7-3-2-4-8-18)25-16-20-15-23(26)27-22-14-13-19-9-5-6-10-21(19)24(20)22/h2-10,13-15,17,25H,11-12,16H2,1H3/p+1/t17-/m1/s1. The molecule has 0 spiro atoms. The Hall–Kier alpha value is -2.91. The van der Waals surface area contributed by atoms with Gasteiger partial charge in [0.2, 0.25) is 0 Å². The average Bonchev–Trinajstić information content (AvgIpc) is 2.70. The fraction of sp³-hybridized carbons (Fsp3) is 0.208. The normalized spacial score (nSPS) is 12.5. The monoisotopic (exact) mass is 358 g/mol. The molecule has 0 unspecified atom stereocenters. The van der Waals surface area contributed by atoms with Crippen molar-refractivity contribution in [2.75, 3.05) is 0 Å². The molecule has 0 fully saturated rings. The predicted molar refractivity (Wildman–Crippen MR) is 110 cm³/mol. The van der Waals surface area contributed by atoms with Crippen molar-refractivity contribution in [2.45, 2.75) is 32.4 Å². The molecule has 1 atom stereocenters. The second kappa shape index (κ2) is 7.77. The lowest BCUT2D eigenvalue weighted by Gasteiger charge is -2.13. The molecule has 0 aliphatic carbocycles. The van der Waals surface area contributed by atoms with Crippen LogP contribution in [0, 0.1) is 0 Å². The maximum Gasteiger partial charge on any atom is 0.336 e. The molecule has 0 aliphatic rings. The summed E-state index contributed by atoms with van der Waals surface area (Å²) in [6, 6.07) is 24.9. The van der Waals surface area contributed by atoms with E-state index < -0.39 is 0 Å². The van der Waals surface area contributed by atoms with E-state index in [1.807, 2.05) is 24.3 Å². The van der Waals surface area contributed by atoms with Gasteiger partial charge in [0.1, 0.15) is 12.1 Å². The predicted octanol–water partition coefficient (Wildman–Crippen LogP) is 4.03. The van der Waals surface area contributed by atoms with Gasteiger partial charge in [0.05, 0.1) is 6.04 Å². The van der Waals surface area contributed by atoms with Gasteiger partial charge in [0.25, 0.3) is 0 Å². The number of benzene rings is 3. The van der Waals surface area contributed by atoms with Gasteiger partial charge >= 0.3 is 5.63 Å². The van der Waals surface area contributed by atoms with Crippen LogP contribution in [0.25, 0.3) is 21.7 Å². The molecule has 0 amide bonds. The smallest absolute Gasteiger partial charge is 0.336 e. The number of quaternary nitrogens is 1. The highest BCUT2D eigenvalue weighted by molar-refractivity contribution is 6.06. The lowest BCUT2D eigenvalue weighted by atomic mass is 10.0. The van der Waals surface area contributed by atoms with Gasteiger partial charge < -0.3 is 9.73 Å². The number of nitrogens with two attached hydrogens (primary N) is 1. The minimum absolute atomic E-state index is 0.280. The Morgan fingerprint density at radius 2 is 1.74 bits per heavy atom. The van der Waals surface area contributed by atoms with Crippen LogP contribution in [0.5, 0.6) is 0 Å². The summed E-state index contributed by atoms with van der Waals surface area (Å²) in [6.07, 6.45) is 2.17. The van der Waals surface area contributed by atoms with Gasteiger partial charge in [0, 0.05) is 23.4 Å². The zero-order valence-electron chi connectivity index (χ0n) is 15.5. The third-order valence-electron chi connectivity index (χ3n) is 5.19. The Kier molecular flexibility index (Phi) is 5.03. The average molecular weight is 358 g/mol. The molecule has 0 saturated heterocycles. The summed E-state index contributed by atoms with van der Waals surface area (Å²) in [5.74, 6) is 0. The first-order valence-corrected chi connectivity index (χ1v) is 9.52. The van der Waals surface area contributed by atoms with Crippen LogP contribution in [-0.4, -0.2) is 6.04 Å². The fourth-order valence-corrected chi connectivity index (χ4v) is 3.67. The number of hydrogen-bond acceptors (Lipinski definition) is 2. The van der Waals surface area contributed by atoms with Crippen LogP contribution >= 0.6 is 0 Å². The van der Waals surface area contributed by atoms with Crippen LogP contribution in [0.1, 0.15) is 24.5 Å². The van der Waals surface area contributed by atoms with Gasteiger partial charge in [-0.25, -0.2) is 4.79 Å². The molecule has 0 radical (unpaired) electrons. The molecule has 0 aliphatic heterocycles. The van der Waals surface area contributed by atoms with Crippen molar-refractivity contribution in [3.05, 3.63) is 94.3 Å². The SMILES string of the molecule is C[C@H](CCc1ccccc1)[NH2+]Cc1cc(=O)oc2ccc3ccccc3c12. The van der Waals surface area contributed by atoms with E-state index in [1.54, 1.807) is 6.07 Å². The Bertz CT molecular complexity index is 1120. The summed E-state index contributed by atoms with van der Waals surface area (Å²) < 4.78 is 5.45. The van der Waals surface area contributed by atoms with Gasteiger partial charge in [0.15, 0.2) is 0 Å². The van der Waals surface area contributed by atoms with Crippen molar-refractivity contribution in [1.82, 2.24) is 0 Å². The Labute approximate surface area is 158 Å². The molecule has 1 aromatic heterocycles. The van der Waals surface area contributed by atoms with Gasteiger partial charge in [-0.15, -0.1) is 0 Å². The molecular weight excluding hydrogens is 334 g/mol. The Balaban J connectivity index is 1.56. The lowest BCUT2D eigenvalue weighted by molar-refractivity contribution is -0.701. The van der Waals surface area contributed by atoms with Crippen molar-refractivity contribution in [3.63, 3.8) is 0 Å². The van der Waals surface area contributed by atoms with E-state index in [0.29, 0.717) is 11.6 Å². The van der Waals surface area contributed by atoms with Crippen molar-refractivity contribution >= 4 is 21.7 Å². The van der Waals surface area contributed by atoms with E-state index in [-0.39, 0.29) is 5.63 Å². The van der Waals surface area contributed by atoms with E-state index in [9.17, 15) is 4.79 Å². The van der Waals surface area contributed by atoms with Crippen LogP contribution in [0.2, 0.25) is 0 Å². The highest BCUT2D eigenvalue weighted by atomic mass is 16.4. The third-order valence-corrected chi connectivity index (χ3v) is 5.19. The molecule has 1 heterocycles. The molecule has 3 nitrogen and oxygen atoms in total. The van der Waals surface area contributed by atoms with Crippen LogP contribution in [0.15, 0.2) is 82.0 Å². The summed E-state index contributed by atoms with van der Waals surface area (Å²) in [6.45, 7) is 3.01. The maximum atomic E-state index is 12.0. The molecule has 4 aromatic rings. The quantitative estimate of drug-likeness (QED) is 0.418. The zero-order chi connectivity index (χ0) is 18.6. The number of fused-ring (bicyclic) bond motifs is 3. The second-order valence-corrected chi connectivity index (χ2v) is 7.19. The third kappa shape index (κ3) is 3.93. The van der Waals surface area contributed by atoms with Crippen LogP contribution in [-0.2, 0) is 13.0 Å². The van der Waals surface area contributed by atoms with Crippen molar-refractivity contribution < 1.29 is 9.73 Å². The maximum absolute atomic E-state index is 12.0. The van der Waals surface area contributed by atoms with E-state index in [0.717, 1.165) is 41.1 Å². The van der Waals surface area contributed by atoms with E-state index >= 15 is 0 Å². The molecule has 3 aromatic carbocycles. The van der Waals surface area contributed by atoms with Crippen molar-refractivity contribution in [3.8, 4) is 0 Å². The molecule has 0 bridgehead atoms.